The predicted octanol–water partition coefficient (Wildman–Crippen LogP) is 2.18. The SMILES string of the molecule is C[C@]12CC[C@H]3[C@@H](CC[C@@]4(O)C[C@@H](O)CC[C@]34CO)[C@@H]1CC[C@@H]2C(=O)O. The van der Waals surface area contributed by atoms with E-state index in [-0.39, 0.29) is 23.9 Å². The molecule has 0 radical (unpaired) electrons. The number of fused-ring (bicyclic) bond motifs is 5. The topological polar surface area (TPSA) is 98.0 Å². The van der Waals surface area contributed by atoms with Crippen molar-refractivity contribution in [2.45, 2.75) is 76.4 Å². The second kappa shape index (κ2) is 5.67. The average molecular weight is 352 g/mol. The van der Waals surface area contributed by atoms with Crippen LogP contribution in [0.15, 0.2) is 0 Å². The summed E-state index contributed by atoms with van der Waals surface area (Å²) in [4.78, 5) is 11.7. The van der Waals surface area contributed by atoms with Crippen LogP contribution in [-0.2, 0) is 4.79 Å². The Morgan fingerprint density at radius 1 is 1.04 bits per heavy atom. The fraction of sp³-hybridized carbons (Fsp3) is 0.950. The van der Waals surface area contributed by atoms with Gasteiger partial charge in [0.1, 0.15) is 0 Å². The average Bonchev–Trinajstić information content (AvgIpc) is 2.91. The Morgan fingerprint density at radius 2 is 1.80 bits per heavy atom. The van der Waals surface area contributed by atoms with E-state index in [0.717, 1.165) is 32.1 Å². The molecule has 0 unspecified atom stereocenters. The van der Waals surface area contributed by atoms with Crippen LogP contribution >= 0.6 is 0 Å². The van der Waals surface area contributed by atoms with E-state index in [2.05, 4.69) is 6.92 Å². The quantitative estimate of drug-likeness (QED) is 0.611. The third-order valence-electron chi connectivity index (χ3n) is 9.04. The first-order chi connectivity index (χ1) is 11.8. The van der Waals surface area contributed by atoms with Gasteiger partial charge in [-0.05, 0) is 74.5 Å². The number of carboxylic acid groups (broad SMARTS) is 1. The molecule has 0 amide bonds. The summed E-state index contributed by atoms with van der Waals surface area (Å²) in [6.07, 6.45) is 6.20. The maximum absolute atomic E-state index is 11.7. The summed E-state index contributed by atoms with van der Waals surface area (Å²) in [6, 6.07) is 0. The van der Waals surface area contributed by atoms with Gasteiger partial charge in [-0.3, -0.25) is 4.79 Å². The first-order valence-electron chi connectivity index (χ1n) is 10.0. The van der Waals surface area contributed by atoms with E-state index in [1.807, 2.05) is 0 Å². The lowest BCUT2D eigenvalue weighted by Crippen LogP contribution is -2.65. The molecule has 4 rings (SSSR count). The van der Waals surface area contributed by atoms with Crippen LogP contribution in [0.25, 0.3) is 0 Å². The molecule has 4 aliphatic carbocycles. The van der Waals surface area contributed by atoms with E-state index >= 15 is 0 Å². The number of hydrogen-bond donors (Lipinski definition) is 4. The van der Waals surface area contributed by atoms with Gasteiger partial charge in [0.05, 0.1) is 24.2 Å². The fourth-order valence-corrected chi connectivity index (χ4v) is 7.76. The molecule has 25 heavy (non-hydrogen) atoms. The molecule has 0 aliphatic heterocycles. The Hall–Kier alpha value is -0.650. The van der Waals surface area contributed by atoms with Crippen molar-refractivity contribution in [1.82, 2.24) is 0 Å². The highest BCUT2D eigenvalue weighted by Crippen LogP contribution is 2.68. The second-order valence-electron chi connectivity index (χ2n) is 9.67. The van der Waals surface area contributed by atoms with E-state index in [1.165, 1.54) is 0 Å². The Morgan fingerprint density at radius 3 is 2.48 bits per heavy atom. The van der Waals surface area contributed by atoms with Crippen molar-refractivity contribution < 1.29 is 25.2 Å². The third kappa shape index (κ3) is 2.21. The molecule has 8 atom stereocenters. The van der Waals surface area contributed by atoms with Crippen LogP contribution in [0.2, 0.25) is 0 Å². The summed E-state index contributed by atoms with van der Waals surface area (Å²) in [5.74, 6) is 0.109. The highest BCUT2D eigenvalue weighted by molar-refractivity contribution is 5.71. The van der Waals surface area contributed by atoms with Gasteiger partial charge in [-0.1, -0.05) is 6.92 Å². The minimum absolute atomic E-state index is 0.0246. The molecule has 142 valence electrons. The van der Waals surface area contributed by atoms with Gasteiger partial charge in [0.15, 0.2) is 0 Å². The van der Waals surface area contributed by atoms with Gasteiger partial charge in [0.2, 0.25) is 0 Å². The van der Waals surface area contributed by atoms with Crippen LogP contribution in [0.1, 0.15) is 64.7 Å². The number of carboxylic acids is 1. The van der Waals surface area contributed by atoms with Gasteiger partial charge in [0, 0.05) is 11.8 Å². The zero-order valence-corrected chi connectivity index (χ0v) is 15.2. The van der Waals surface area contributed by atoms with Gasteiger partial charge in [-0.15, -0.1) is 0 Å². The smallest absolute Gasteiger partial charge is 0.307 e. The number of hydrogen-bond acceptors (Lipinski definition) is 4. The summed E-state index contributed by atoms with van der Waals surface area (Å²) in [5, 5.41) is 41.5. The van der Waals surface area contributed by atoms with Gasteiger partial charge < -0.3 is 20.4 Å². The largest absolute Gasteiger partial charge is 0.481 e. The van der Waals surface area contributed by atoms with Crippen LogP contribution in [0.5, 0.6) is 0 Å². The zero-order valence-electron chi connectivity index (χ0n) is 15.2. The van der Waals surface area contributed by atoms with Gasteiger partial charge in [-0.25, -0.2) is 0 Å². The molecule has 0 saturated heterocycles. The van der Waals surface area contributed by atoms with Crippen LogP contribution < -0.4 is 0 Å². The van der Waals surface area contributed by atoms with Crippen molar-refractivity contribution in [2.24, 2.45) is 34.5 Å². The lowest BCUT2D eigenvalue weighted by molar-refractivity contribution is -0.240. The number of carbonyl (C=O) groups is 1. The molecular weight excluding hydrogens is 320 g/mol. The highest BCUT2D eigenvalue weighted by Gasteiger charge is 2.66. The number of rotatable bonds is 2. The lowest BCUT2D eigenvalue weighted by Gasteiger charge is -2.64. The molecule has 0 bridgehead atoms. The molecule has 5 nitrogen and oxygen atoms in total. The minimum Gasteiger partial charge on any atom is -0.481 e. The van der Waals surface area contributed by atoms with Crippen molar-refractivity contribution in [3.63, 3.8) is 0 Å². The molecule has 0 heterocycles. The molecule has 4 N–H and O–H groups in total. The molecular formula is C20H32O5. The van der Waals surface area contributed by atoms with Crippen molar-refractivity contribution >= 4 is 5.97 Å². The molecule has 0 spiro atoms. The molecule has 0 aromatic carbocycles. The van der Waals surface area contributed by atoms with Crippen molar-refractivity contribution in [3.8, 4) is 0 Å². The Balaban J connectivity index is 1.68. The predicted molar refractivity (Wildman–Crippen MR) is 91.7 cm³/mol. The van der Waals surface area contributed by atoms with Crippen LogP contribution in [0.4, 0.5) is 0 Å². The van der Waals surface area contributed by atoms with Gasteiger partial charge >= 0.3 is 5.97 Å². The van der Waals surface area contributed by atoms with Crippen LogP contribution in [0, 0.1) is 34.5 Å². The summed E-state index contributed by atoms with van der Waals surface area (Å²) in [5.41, 5.74) is -1.63. The normalized spacial score (nSPS) is 55.1. The molecule has 0 aromatic heterocycles. The number of aliphatic hydroxyl groups excluding tert-OH is 2. The molecule has 4 aliphatic rings. The summed E-state index contributed by atoms with van der Waals surface area (Å²) in [6.45, 7) is 2.14. The van der Waals surface area contributed by atoms with Crippen LogP contribution in [0.3, 0.4) is 0 Å². The Bertz CT molecular complexity index is 564. The maximum Gasteiger partial charge on any atom is 0.307 e. The van der Waals surface area contributed by atoms with Gasteiger partial charge in [-0.2, -0.15) is 0 Å². The first kappa shape index (κ1) is 17.7. The van der Waals surface area contributed by atoms with Gasteiger partial charge in [0.25, 0.3) is 0 Å². The van der Waals surface area contributed by atoms with E-state index in [0.29, 0.717) is 37.5 Å². The monoisotopic (exact) mass is 352 g/mol. The first-order valence-corrected chi connectivity index (χ1v) is 10.0. The molecule has 0 aromatic rings. The van der Waals surface area contributed by atoms with Crippen molar-refractivity contribution in [2.75, 3.05) is 6.61 Å². The maximum atomic E-state index is 11.7. The standard InChI is InChI=1S/C20H32O5/c1-18-7-6-15-13(14(18)2-3-16(18)17(23)24)5-9-20(25)10-12(22)4-8-19(15,20)11-21/h12-16,21-22,25H,2-11H2,1H3,(H,23,24)/t12-,13-,14-,15-,16+,18-,19-,20+/m0/s1. The Kier molecular flexibility index (Phi) is 4.03. The lowest BCUT2D eigenvalue weighted by atomic mass is 9.43. The van der Waals surface area contributed by atoms with E-state index < -0.39 is 23.1 Å². The van der Waals surface area contributed by atoms with Crippen molar-refractivity contribution in [3.05, 3.63) is 0 Å². The fourth-order valence-electron chi connectivity index (χ4n) is 7.76. The number of aliphatic hydroxyl groups is 3. The summed E-state index contributed by atoms with van der Waals surface area (Å²) in [7, 11) is 0. The Labute approximate surface area is 149 Å². The van der Waals surface area contributed by atoms with E-state index in [4.69, 9.17) is 0 Å². The van der Waals surface area contributed by atoms with E-state index in [9.17, 15) is 25.2 Å². The number of aliphatic carboxylic acids is 1. The van der Waals surface area contributed by atoms with Crippen LogP contribution in [-0.4, -0.2) is 44.7 Å². The molecule has 5 heteroatoms. The molecule has 4 fully saturated rings. The van der Waals surface area contributed by atoms with E-state index in [1.54, 1.807) is 0 Å². The second-order valence-corrected chi connectivity index (χ2v) is 9.67. The highest BCUT2D eigenvalue weighted by atomic mass is 16.4. The molecule has 4 saturated carbocycles. The van der Waals surface area contributed by atoms with Crippen molar-refractivity contribution in [1.29, 1.82) is 0 Å². The summed E-state index contributed by atoms with van der Waals surface area (Å²) < 4.78 is 0. The minimum atomic E-state index is -0.973. The third-order valence-corrected chi connectivity index (χ3v) is 9.04. The zero-order chi connectivity index (χ0) is 18.0. The summed E-state index contributed by atoms with van der Waals surface area (Å²) >= 11 is 0.